The zero-order chi connectivity index (χ0) is 8.10. The zero-order valence-corrected chi connectivity index (χ0v) is 6.36. The Kier molecular flexibility index (Phi) is 4.32. The summed E-state index contributed by atoms with van der Waals surface area (Å²) in [5.74, 6) is -0.117. The van der Waals surface area contributed by atoms with Gasteiger partial charge in [-0.05, 0) is 0 Å². The van der Waals surface area contributed by atoms with Gasteiger partial charge in [0.1, 0.15) is 0 Å². The maximum Gasteiger partial charge on any atom is 0.176 e. The Morgan fingerprint density at radius 2 is 1.92 bits per heavy atom. The summed E-state index contributed by atoms with van der Waals surface area (Å²) < 4.78 is 0. The van der Waals surface area contributed by atoms with E-state index in [0.29, 0.717) is 5.56 Å². The standard InChI is InChI=1S/C9H7NO.FH/c10-7-6-9(11)8-4-2-1-3-5-8;/h1-5H,6H2;1H. The number of hydrogen-bond acceptors (Lipinski definition) is 2. The number of rotatable bonds is 2. The van der Waals surface area contributed by atoms with Gasteiger partial charge in [-0.3, -0.25) is 9.50 Å². The van der Waals surface area contributed by atoms with Gasteiger partial charge < -0.3 is 0 Å². The second kappa shape index (κ2) is 5.03. The van der Waals surface area contributed by atoms with E-state index in [9.17, 15) is 4.79 Å². The molecule has 0 amide bonds. The first-order valence-corrected chi connectivity index (χ1v) is 3.30. The fourth-order valence-electron chi connectivity index (χ4n) is 0.798. The van der Waals surface area contributed by atoms with Crippen molar-refractivity contribution in [2.24, 2.45) is 0 Å². The molecule has 0 saturated carbocycles. The molecule has 0 unspecified atom stereocenters. The third-order valence-corrected chi connectivity index (χ3v) is 1.34. The van der Waals surface area contributed by atoms with Crippen LogP contribution >= 0.6 is 0 Å². The van der Waals surface area contributed by atoms with E-state index in [1.165, 1.54) is 0 Å². The molecule has 3 heteroatoms. The molecule has 0 fully saturated rings. The number of benzene rings is 1. The Morgan fingerprint density at radius 1 is 1.33 bits per heavy atom. The molecule has 0 aliphatic rings. The normalized spacial score (nSPS) is 7.92. The third kappa shape index (κ3) is 2.51. The van der Waals surface area contributed by atoms with Crippen molar-refractivity contribution < 1.29 is 9.50 Å². The summed E-state index contributed by atoms with van der Waals surface area (Å²) in [5.41, 5.74) is 0.606. The SMILES string of the molecule is F.N#CCC(=O)c1ccccc1. The van der Waals surface area contributed by atoms with Crippen LogP contribution in [0.4, 0.5) is 4.70 Å². The van der Waals surface area contributed by atoms with E-state index in [2.05, 4.69) is 0 Å². The largest absolute Gasteiger partial charge is 0.293 e. The van der Waals surface area contributed by atoms with Gasteiger partial charge in [-0.25, -0.2) is 0 Å². The maximum absolute atomic E-state index is 11.0. The molecule has 12 heavy (non-hydrogen) atoms. The summed E-state index contributed by atoms with van der Waals surface area (Å²) >= 11 is 0. The van der Waals surface area contributed by atoms with Crippen LogP contribution in [-0.4, -0.2) is 5.78 Å². The Morgan fingerprint density at radius 3 is 2.42 bits per heavy atom. The maximum atomic E-state index is 11.0. The smallest absolute Gasteiger partial charge is 0.176 e. The zero-order valence-electron chi connectivity index (χ0n) is 6.36. The second-order valence-electron chi connectivity index (χ2n) is 2.12. The number of Topliss-reactive ketones (excluding diaryl/α,β-unsaturated/α-hetero) is 1. The van der Waals surface area contributed by atoms with Crippen LogP contribution in [0.2, 0.25) is 0 Å². The van der Waals surface area contributed by atoms with Gasteiger partial charge in [0.2, 0.25) is 0 Å². The third-order valence-electron chi connectivity index (χ3n) is 1.34. The lowest BCUT2D eigenvalue weighted by molar-refractivity contribution is 0.0997. The monoisotopic (exact) mass is 165 g/mol. The van der Waals surface area contributed by atoms with E-state index in [4.69, 9.17) is 5.26 Å². The van der Waals surface area contributed by atoms with Crippen molar-refractivity contribution in [3.8, 4) is 6.07 Å². The van der Waals surface area contributed by atoms with Crippen molar-refractivity contribution in [1.82, 2.24) is 0 Å². The number of hydrogen-bond donors (Lipinski definition) is 0. The van der Waals surface area contributed by atoms with E-state index in [1.807, 2.05) is 12.1 Å². The fourth-order valence-corrected chi connectivity index (χ4v) is 0.798. The molecule has 0 bridgehead atoms. The van der Waals surface area contributed by atoms with E-state index < -0.39 is 0 Å². The molecule has 0 radical (unpaired) electrons. The van der Waals surface area contributed by atoms with Crippen LogP contribution in [0.3, 0.4) is 0 Å². The van der Waals surface area contributed by atoms with Gasteiger partial charge >= 0.3 is 0 Å². The van der Waals surface area contributed by atoms with Crippen LogP contribution in [0, 0.1) is 11.3 Å². The van der Waals surface area contributed by atoms with Crippen molar-refractivity contribution in [3.05, 3.63) is 35.9 Å². The van der Waals surface area contributed by atoms with E-state index in [-0.39, 0.29) is 16.9 Å². The lowest BCUT2D eigenvalue weighted by Crippen LogP contribution is -1.95. The number of nitriles is 1. The summed E-state index contributed by atoms with van der Waals surface area (Å²) in [6.45, 7) is 0. The van der Waals surface area contributed by atoms with Gasteiger partial charge in [-0.1, -0.05) is 30.3 Å². The molecular formula is C9H8FNO. The van der Waals surface area contributed by atoms with Crippen LogP contribution in [0.5, 0.6) is 0 Å². The topological polar surface area (TPSA) is 40.9 Å². The second-order valence-corrected chi connectivity index (χ2v) is 2.12. The summed E-state index contributed by atoms with van der Waals surface area (Å²) in [6.07, 6.45) is -0.0377. The van der Waals surface area contributed by atoms with Gasteiger partial charge in [0.05, 0.1) is 12.5 Å². The highest BCUT2D eigenvalue weighted by atomic mass is 19.0. The predicted molar refractivity (Wildman–Crippen MR) is 43.5 cm³/mol. The van der Waals surface area contributed by atoms with Crippen LogP contribution in [0.1, 0.15) is 16.8 Å². The number of carbonyl (C=O) groups is 1. The molecule has 0 heterocycles. The minimum absolute atomic E-state index is 0. The molecule has 0 aromatic heterocycles. The Labute approximate surface area is 69.8 Å². The lowest BCUT2D eigenvalue weighted by atomic mass is 10.1. The summed E-state index contributed by atoms with van der Waals surface area (Å²) in [6, 6.07) is 10.6. The molecule has 0 atom stereocenters. The van der Waals surface area contributed by atoms with E-state index in [0.717, 1.165) is 0 Å². The first-order valence-electron chi connectivity index (χ1n) is 3.30. The molecule has 0 aliphatic carbocycles. The van der Waals surface area contributed by atoms with Crippen molar-refractivity contribution in [2.75, 3.05) is 0 Å². The average Bonchev–Trinajstić information content (AvgIpc) is 2.07. The Bertz CT molecular complexity index is 289. The van der Waals surface area contributed by atoms with Gasteiger partial charge in [0, 0.05) is 5.56 Å². The van der Waals surface area contributed by atoms with E-state index >= 15 is 0 Å². The molecule has 1 aromatic rings. The fraction of sp³-hybridized carbons (Fsp3) is 0.111. The Balaban J connectivity index is 0.00000121. The van der Waals surface area contributed by atoms with Crippen molar-refractivity contribution >= 4 is 5.78 Å². The molecule has 0 saturated heterocycles. The van der Waals surface area contributed by atoms with E-state index in [1.54, 1.807) is 24.3 Å². The number of nitrogens with zero attached hydrogens (tertiary/aromatic N) is 1. The number of carbonyl (C=O) groups excluding carboxylic acids is 1. The minimum Gasteiger partial charge on any atom is -0.293 e. The quantitative estimate of drug-likeness (QED) is 0.628. The molecular weight excluding hydrogens is 157 g/mol. The molecule has 0 aliphatic heterocycles. The first-order chi connectivity index (χ1) is 5.34. The summed E-state index contributed by atoms with van der Waals surface area (Å²) in [5, 5.41) is 8.23. The van der Waals surface area contributed by atoms with Gasteiger partial charge in [-0.2, -0.15) is 5.26 Å². The highest BCUT2D eigenvalue weighted by Crippen LogP contribution is 2.01. The molecule has 1 aromatic carbocycles. The van der Waals surface area contributed by atoms with Crippen molar-refractivity contribution in [3.63, 3.8) is 0 Å². The average molecular weight is 165 g/mol. The lowest BCUT2D eigenvalue weighted by Gasteiger charge is -1.92. The van der Waals surface area contributed by atoms with Crippen LogP contribution in [0.25, 0.3) is 0 Å². The molecule has 0 N–H and O–H groups in total. The summed E-state index contributed by atoms with van der Waals surface area (Å²) in [4.78, 5) is 11.0. The molecule has 1 rings (SSSR count). The van der Waals surface area contributed by atoms with Gasteiger partial charge in [-0.15, -0.1) is 0 Å². The van der Waals surface area contributed by atoms with Crippen LogP contribution < -0.4 is 0 Å². The first kappa shape index (κ1) is 10.3. The van der Waals surface area contributed by atoms with Crippen LogP contribution in [0.15, 0.2) is 30.3 Å². The molecule has 62 valence electrons. The number of halogens is 1. The predicted octanol–water partition coefficient (Wildman–Crippen LogP) is 1.94. The Hall–Kier alpha value is -1.69. The number of ketones is 1. The van der Waals surface area contributed by atoms with Crippen LogP contribution in [-0.2, 0) is 0 Å². The van der Waals surface area contributed by atoms with Crippen molar-refractivity contribution in [2.45, 2.75) is 6.42 Å². The summed E-state index contributed by atoms with van der Waals surface area (Å²) in [7, 11) is 0. The van der Waals surface area contributed by atoms with Gasteiger partial charge in [0.25, 0.3) is 0 Å². The minimum atomic E-state index is -0.117. The molecule has 0 spiro atoms. The highest BCUT2D eigenvalue weighted by molar-refractivity contribution is 5.97. The van der Waals surface area contributed by atoms with Crippen molar-refractivity contribution in [1.29, 1.82) is 5.26 Å². The van der Waals surface area contributed by atoms with Gasteiger partial charge in [0.15, 0.2) is 5.78 Å². The molecule has 2 nitrogen and oxygen atoms in total. The highest BCUT2D eigenvalue weighted by Gasteiger charge is 2.01.